The summed E-state index contributed by atoms with van der Waals surface area (Å²) in [6.07, 6.45) is 2.08. The molecule has 20 heavy (non-hydrogen) atoms. The number of phenols is 1. The van der Waals surface area contributed by atoms with Crippen molar-refractivity contribution in [2.75, 3.05) is 33.7 Å². The molecule has 0 radical (unpaired) electrons. The minimum atomic E-state index is -0.0502. The fourth-order valence-electron chi connectivity index (χ4n) is 2.83. The zero-order valence-corrected chi connectivity index (χ0v) is 12.6. The third-order valence-electron chi connectivity index (χ3n) is 3.91. The molecule has 1 amide bonds. The number of nitrogens with zero attached hydrogens (tertiary/aromatic N) is 2. The largest absolute Gasteiger partial charge is 0.507 e. The average Bonchev–Trinajstić information content (AvgIpc) is 2.38. The lowest BCUT2D eigenvalue weighted by molar-refractivity contribution is 0.0675. The number of carbonyl (C=O) groups is 1. The number of phenolic OH excluding ortho intramolecular Hbond substituents is 1. The highest BCUT2D eigenvalue weighted by atomic mass is 16.3. The molecule has 1 heterocycles. The Labute approximate surface area is 121 Å². The fourth-order valence-corrected chi connectivity index (χ4v) is 2.83. The molecule has 0 bridgehead atoms. The molecular formula is C16H24N2O2. The predicted molar refractivity (Wildman–Crippen MR) is 80.0 cm³/mol. The minimum Gasteiger partial charge on any atom is -0.507 e. The molecule has 110 valence electrons. The van der Waals surface area contributed by atoms with Gasteiger partial charge in [-0.15, -0.1) is 0 Å². The maximum atomic E-state index is 12.4. The first-order valence-corrected chi connectivity index (χ1v) is 7.21. The zero-order valence-electron chi connectivity index (χ0n) is 12.6. The van der Waals surface area contributed by atoms with E-state index in [2.05, 4.69) is 19.0 Å². The van der Waals surface area contributed by atoms with E-state index < -0.39 is 0 Å². The van der Waals surface area contributed by atoms with E-state index in [4.69, 9.17) is 0 Å². The highest BCUT2D eigenvalue weighted by Crippen LogP contribution is 2.24. The molecule has 0 saturated carbocycles. The second-order valence-electron chi connectivity index (χ2n) is 6.02. The zero-order chi connectivity index (χ0) is 14.7. The van der Waals surface area contributed by atoms with Gasteiger partial charge in [0.2, 0.25) is 0 Å². The molecule has 1 aliphatic rings. The van der Waals surface area contributed by atoms with Crippen LogP contribution in [0.1, 0.15) is 28.8 Å². The van der Waals surface area contributed by atoms with Crippen molar-refractivity contribution in [1.29, 1.82) is 0 Å². The van der Waals surface area contributed by atoms with E-state index in [-0.39, 0.29) is 11.7 Å². The van der Waals surface area contributed by atoms with Crippen molar-refractivity contribution in [2.24, 2.45) is 5.92 Å². The first-order chi connectivity index (χ1) is 9.47. The number of hydrogen-bond acceptors (Lipinski definition) is 3. The topological polar surface area (TPSA) is 43.8 Å². The van der Waals surface area contributed by atoms with Crippen molar-refractivity contribution >= 4 is 5.91 Å². The van der Waals surface area contributed by atoms with E-state index in [9.17, 15) is 9.90 Å². The van der Waals surface area contributed by atoms with Crippen LogP contribution >= 0.6 is 0 Å². The Bertz CT molecular complexity index is 477. The average molecular weight is 276 g/mol. The van der Waals surface area contributed by atoms with Gasteiger partial charge in [0.1, 0.15) is 5.75 Å². The number of amides is 1. The lowest BCUT2D eigenvalue weighted by Gasteiger charge is -2.33. The maximum Gasteiger partial charge on any atom is 0.257 e. The first kappa shape index (κ1) is 14.9. The number of piperidine rings is 1. The van der Waals surface area contributed by atoms with Crippen LogP contribution in [0.2, 0.25) is 0 Å². The molecule has 1 N–H and O–H groups in total. The summed E-state index contributed by atoms with van der Waals surface area (Å²) >= 11 is 0. The predicted octanol–water partition coefficient (Wildman–Crippen LogP) is 2.11. The van der Waals surface area contributed by atoms with Crippen LogP contribution in [0.5, 0.6) is 5.75 Å². The second kappa shape index (κ2) is 6.27. The number of likely N-dealkylation sites (tertiary alicyclic amines) is 1. The maximum absolute atomic E-state index is 12.4. The van der Waals surface area contributed by atoms with Gasteiger partial charge in [-0.25, -0.2) is 0 Å². The molecular weight excluding hydrogens is 252 g/mol. The third kappa shape index (κ3) is 3.51. The van der Waals surface area contributed by atoms with Gasteiger partial charge < -0.3 is 14.9 Å². The molecule has 4 heteroatoms. The number of carbonyl (C=O) groups excluding carboxylic acids is 1. The third-order valence-corrected chi connectivity index (χ3v) is 3.91. The van der Waals surface area contributed by atoms with Crippen LogP contribution in [-0.4, -0.2) is 54.5 Å². The smallest absolute Gasteiger partial charge is 0.257 e. The first-order valence-electron chi connectivity index (χ1n) is 7.21. The normalized spacial score (nSPS) is 16.7. The standard InChI is InChI=1S/C16H24N2O2/c1-12-4-5-14(15(19)10-12)16(20)18-8-6-13(7-9-18)11-17(2)3/h4-5,10,13,19H,6-9,11H2,1-3H3. The van der Waals surface area contributed by atoms with Crippen molar-refractivity contribution in [2.45, 2.75) is 19.8 Å². The summed E-state index contributed by atoms with van der Waals surface area (Å²) in [7, 11) is 4.17. The molecule has 0 spiro atoms. The highest BCUT2D eigenvalue weighted by Gasteiger charge is 2.25. The van der Waals surface area contributed by atoms with Gasteiger partial charge in [0.25, 0.3) is 5.91 Å². The molecule has 2 rings (SSSR count). The quantitative estimate of drug-likeness (QED) is 0.919. The molecule has 1 aromatic rings. The molecule has 0 atom stereocenters. The second-order valence-corrected chi connectivity index (χ2v) is 6.02. The minimum absolute atomic E-state index is 0.0502. The molecule has 0 aromatic heterocycles. The Balaban J connectivity index is 1.98. The lowest BCUT2D eigenvalue weighted by Crippen LogP contribution is -2.40. The summed E-state index contributed by atoms with van der Waals surface area (Å²) < 4.78 is 0. The Morgan fingerprint density at radius 1 is 1.35 bits per heavy atom. The van der Waals surface area contributed by atoms with Gasteiger partial charge in [-0.3, -0.25) is 4.79 Å². The van der Waals surface area contributed by atoms with E-state index in [1.807, 2.05) is 17.9 Å². The van der Waals surface area contributed by atoms with Gasteiger partial charge in [0.05, 0.1) is 5.56 Å². The van der Waals surface area contributed by atoms with Crippen molar-refractivity contribution in [1.82, 2.24) is 9.80 Å². The summed E-state index contributed by atoms with van der Waals surface area (Å²) in [5, 5.41) is 9.91. The van der Waals surface area contributed by atoms with Crippen molar-refractivity contribution in [3.05, 3.63) is 29.3 Å². The van der Waals surface area contributed by atoms with Crippen LogP contribution < -0.4 is 0 Å². The summed E-state index contributed by atoms with van der Waals surface area (Å²) in [5.74, 6) is 0.705. The molecule has 4 nitrogen and oxygen atoms in total. The van der Waals surface area contributed by atoms with E-state index in [1.165, 1.54) is 0 Å². The molecule has 1 saturated heterocycles. The molecule has 0 aliphatic carbocycles. The summed E-state index contributed by atoms with van der Waals surface area (Å²) in [6.45, 7) is 4.55. The Morgan fingerprint density at radius 3 is 2.55 bits per heavy atom. The van der Waals surface area contributed by atoms with E-state index in [0.717, 1.165) is 38.0 Å². The Morgan fingerprint density at radius 2 is 2.00 bits per heavy atom. The SMILES string of the molecule is Cc1ccc(C(=O)N2CCC(CN(C)C)CC2)c(O)c1. The summed E-state index contributed by atoms with van der Waals surface area (Å²) in [4.78, 5) is 16.5. The van der Waals surface area contributed by atoms with Crippen molar-refractivity contribution in [3.63, 3.8) is 0 Å². The Hall–Kier alpha value is -1.55. The number of hydrogen-bond donors (Lipinski definition) is 1. The van der Waals surface area contributed by atoms with Crippen LogP contribution in [0, 0.1) is 12.8 Å². The van der Waals surface area contributed by atoms with Gasteiger partial charge >= 0.3 is 0 Å². The van der Waals surface area contributed by atoms with E-state index >= 15 is 0 Å². The highest BCUT2D eigenvalue weighted by molar-refractivity contribution is 5.96. The molecule has 1 aromatic carbocycles. The number of aromatic hydroxyl groups is 1. The number of aryl methyl sites for hydroxylation is 1. The van der Waals surface area contributed by atoms with Crippen LogP contribution in [0.3, 0.4) is 0 Å². The van der Waals surface area contributed by atoms with E-state index in [0.29, 0.717) is 11.5 Å². The van der Waals surface area contributed by atoms with Gasteiger partial charge in [-0.1, -0.05) is 6.07 Å². The lowest BCUT2D eigenvalue weighted by atomic mass is 9.96. The monoisotopic (exact) mass is 276 g/mol. The summed E-state index contributed by atoms with van der Waals surface area (Å²) in [5.41, 5.74) is 1.38. The van der Waals surface area contributed by atoms with E-state index in [1.54, 1.807) is 12.1 Å². The van der Waals surface area contributed by atoms with Crippen LogP contribution in [0.25, 0.3) is 0 Å². The van der Waals surface area contributed by atoms with Gasteiger partial charge in [-0.05, 0) is 57.5 Å². The van der Waals surface area contributed by atoms with Gasteiger partial charge in [0, 0.05) is 19.6 Å². The Kier molecular flexibility index (Phi) is 4.65. The van der Waals surface area contributed by atoms with Gasteiger partial charge in [-0.2, -0.15) is 0 Å². The van der Waals surface area contributed by atoms with Crippen molar-refractivity contribution < 1.29 is 9.90 Å². The number of rotatable bonds is 3. The van der Waals surface area contributed by atoms with Crippen LogP contribution in [0.15, 0.2) is 18.2 Å². The van der Waals surface area contributed by atoms with Gasteiger partial charge in [0.15, 0.2) is 0 Å². The fraction of sp³-hybridized carbons (Fsp3) is 0.562. The molecule has 0 unspecified atom stereocenters. The van der Waals surface area contributed by atoms with Crippen molar-refractivity contribution in [3.8, 4) is 5.75 Å². The molecule has 1 aliphatic heterocycles. The van der Waals surface area contributed by atoms with Crippen LogP contribution in [0.4, 0.5) is 0 Å². The molecule has 1 fully saturated rings. The summed E-state index contributed by atoms with van der Waals surface area (Å²) in [6, 6.07) is 5.23. The van der Waals surface area contributed by atoms with Crippen LogP contribution in [-0.2, 0) is 0 Å². The number of benzene rings is 1.